The summed E-state index contributed by atoms with van der Waals surface area (Å²) in [5.41, 5.74) is 17.0. The highest BCUT2D eigenvalue weighted by atomic mass is 15.0. The highest BCUT2D eigenvalue weighted by Crippen LogP contribution is 2.42. The molecule has 4 nitrogen and oxygen atoms in total. The lowest BCUT2D eigenvalue weighted by atomic mass is 9.99. The lowest BCUT2D eigenvalue weighted by Gasteiger charge is -2.19. The Bertz CT molecular complexity index is 3340. The molecule has 0 aliphatic rings. The van der Waals surface area contributed by atoms with Gasteiger partial charge in [0.1, 0.15) is 11.6 Å². The molecule has 0 fully saturated rings. The molecule has 0 unspecified atom stereocenters. The lowest BCUT2D eigenvalue weighted by Crippen LogP contribution is -2.05. The minimum absolute atomic E-state index is 0.575. The molecule has 0 radical (unpaired) electrons. The number of nitrogens with zero attached hydrogens (tertiary/aromatic N) is 4. The van der Waals surface area contributed by atoms with E-state index in [-0.39, 0.29) is 0 Å². The van der Waals surface area contributed by atoms with Gasteiger partial charge >= 0.3 is 0 Å². The van der Waals surface area contributed by atoms with Crippen LogP contribution in [0.3, 0.4) is 0 Å². The molecule has 4 heteroatoms. The van der Waals surface area contributed by atoms with E-state index in [1.54, 1.807) is 0 Å². The van der Waals surface area contributed by atoms with Crippen molar-refractivity contribution in [1.82, 2.24) is 14.1 Å². The molecule has 3 heterocycles. The van der Waals surface area contributed by atoms with E-state index in [9.17, 15) is 5.26 Å². The van der Waals surface area contributed by atoms with Crippen molar-refractivity contribution in [3.63, 3.8) is 0 Å². The van der Waals surface area contributed by atoms with Crippen molar-refractivity contribution < 1.29 is 0 Å². The number of rotatable bonds is 6. The number of benzene rings is 8. The second-order valence-corrected chi connectivity index (χ2v) is 15.6. The Morgan fingerprint density at radius 3 is 1.35 bits per heavy atom. The summed E-state index contributed by atoms with van der Waals surface area (Å²) in [6.45, 7) is 4.32. The van der Waals surface area contributed by atoms with Crippen LogP contribution in [0.4, 0.5) is 0 Å². The molecule has 0 spiro atoms. The summed E-state index contributed by atoms with van der Waals surface area (Å²) in [6, 6.07) is 71.2. The molecule has 3 aromatic heterocycles. The first kappa shape index (κ1) is 35.2. The zero-order valence-electron chi connectivity index (χ0n) is 33.3. The molecule has 0 saturated heterocycles. The first-order valence-corrected chi connectivity index (χ1v) is 20.4. The average Bonchev–Trinajstić information content (AvgIpc) is 3.81. The molecule has 0 N–H and O–H groups in total. The number of aryl methyl sites for hydroxylation is 2. The van der Waals surface area contributed by atoms with E-state index in [1.807, 2.05) is 18.2 Å². The third-order valence-electron chi connectivity index (χ3n) is 12.1. The molecule has 0 atom stereocenters. The van der Waals surface area contributed by atoms with Crippen LogP contribution in [0.1, 0.15) is 16.7 Å². The zero-order chi connectivity index (χ0) is 40.3. The molecule has 0 amide bonds. The van der Waals surface area contributed by atoms with Crippen LogP contribution in [-0.2, 0) is 0 Å². The predicted molar refractivity (Wildman–Crippen MR) is 249 cm³/mol. The highest BCUT2D eigenvalue weighted by molar-refractivity contribution is 6.12. The predicted octanol–water partition coefficient (Wildman–Crippen LogP) is 14.4. The van der Waals surface area contributed by atoms with Crippen molar-refractivity contribution >= 4 is 43.6 Å². The molecule has 60 heavy (non-hydrogen) atoms. The van der Waals surface area contributed by atoms with Gasteiger partial charge in [-0.25, -0.2) is 4.98 Å². The number of hydrogen-bond donors (Lipinski definition) is 0. The van der Waals surface area contributed by atoms with Gasteiger partial charge in [-0.1, -0.05) is 146 Å². The van der Waals surface area contributed by atoms with Gasteiger partial charge in [0.15, 0.2) is 0 Å². The van der Waals surface area contributed by atoms with Crippen LogP contribution >= 0.6 is 0 Å². The number of nitriles is 1. The summed E-state index contributed by atoms with van der Waals surface area (Å²) in [4.78, 5) is 5.29. The number of hydrogen-bond acceptors (Lipinski definition) is 2. The monoisotopic (exact) mass is 766 g/mol. The van der Waals surface area contributed by atoms with Crippen LogP contribution < -0.4 is 0 Å². The smallest absolute Gasteiger partial charge is 0.104 e. The van der Waals surface area contributed by atoms with Crippen molar-refractivity contribution in [2.45, 2.75) is 13.8 Å². The highest BCUT2D eigenvalue weighted by Gasteiger charge is 2.23. The number of para-hydroxylation sites is 2. The van der Waals surface area contributed by atoms with E-state index in [0.717, 1.165) is 88.6 Å². The third-order valence-corrected chi connectivity index (χ3v) is 12.1. The SMILES string of the molecule is Cc1ccccc1-c1ccc2c3ccccc3n(-c3cc(-c4cccc(-c5ccccc5)n4)cc(-n4c5ccccc5c5ccc(-c6ccccc6C)cc54)c3C#N)c2c1. The second kappa shape index (κ2) is 14.1. The first-order chi connectivity index (χ1) is 29.6. The molecule has 0 aliphatic carbocycles. The maximum Gasteiger partial charge on any atom is 0.104 e. The maximum atomic E-state index is 11.6. The van der Waals surface area contributed by atoms with Gasteiger partial charge < -0.3 is 9.13 Å². The van der Waals surface area contributed by atoms with Crippen LogP contribution in [0.5, 0.6) is 0 Å². The van der Waals surface area contributed by atoms with Gasteiger partial charge in [0.2, 0.25) is 0 Å². The second-order valence-electron chi connectivity index (χ2n) is 15.6. The van der Waals surface area contributed by atoms with Crippen molar-refractivity contribution in [3.8, 4) is 62.2 Å². The van der Waals surface area contributed by atoms with Crippen LogP contribution in [0.25, 0.3) is 99.8 Å². The summed E-state index contributed by atoms with van der Waals surface area (Å²) in [5.74, 6) is 0. The normalized spacial score (nSPS) is 11.5. The third kappa shape index (κ3) is 5.63. The number of pyridine rings is 1. The molecule has 11 rings (SSSR count). The van der Waals surface area contributed by atoms with Crippen LogP contribution in [0.15, 0.2) is 194 Å². The Morgan fingerprint density at radius 1 is 0.383 bits per heavy atom. The number of aromatic nitrogens is 3. The van der Waals surface area contributed by atoms with Crippen molar-refractivity contribution in [2.24, 2.45) is 0 Å². The maximum absolute atomic E-state index is 11.6. The average molecular weight is 767 g/mol. The fraction of sp³-hybridized carbons (Fsp3) is 0.0357. The molecule has 8 aromatic carbocycles. The Labute approximate surface area is 348 Å². The van der Waals surface area contributed by atoms with Crippen LogP contribution in [-0.4, -0.2) is 14.1 Å². The summed E-state index contributed by atoms with van der Waals surface area (Å²) in [6.07, 6.45) is 0. The van der Waals surface area contributed by atoms with E-state index < -0.39 is 0 Å². The van der Waals surface area contributed by atoms with Gasteiger partial charge in [-0.05, 0) is 95.8 Å². The van der Waals surface area contributed by atoms with E-state index in [4.69, 9.17) is 4.98 Å². The van der Waals surface area contributed by atoms with Crippen LogP contribution in [0.2, 0.25) is 0 Å². The van der Waals surface area contributed by atoms with Gasteiger partial charge in [-0.2, -0.15) is 5.26 Å². The van der Waals surface area contributed by atoms with Crippen molar-refractivity contribution in [2.75, 3.05) is 0 Å². The largest absolute Gasteiger partial charge is 0.308 e. The summed E-state index contributed by atoms with van der Waals surface area (Å²) >= 11 is 0. The summed E-state index contributed by atoms with van der Waals surface area (Å²) < 4.78 is 4.59. The minimum atomic E-state index is 0.575. The standard InChI is InChI=1S/C56H38N4/c1-36-15-6-8-19-42(36)39-27-29-46-44-21-10-12-25-51(44)59(53(46)31-39)55-33-41(50-24-14-23-49(58-50)38-17-4-3-5-18-38)34-56(48(55)35-57)60-52-26-13-11-22-45(52)47-30-28-40(32-54(47)60)43-20-9-7-16-37(43)2/h3-34H,1-2H3. The van der Waals surface area contributed by atoms with E-state index in [1.165, 1.54) is 22.3 Å². The van der Waals surface area contributed by atoms with Crippen molar-refractivity contribution in [3.05, 3.63) is 211 Å². The number of fused-ring (bicyclic) bond motifs is 6. The molecule has 0 saturated carbocycles. The quantitative estimate of drug-likeness (QED) is 0.169. The minimum Gasteiger partial charge on any atom is -0.308 e. The van der Waals surface area contributed by atoms with E-state index >= 15 is 0 Å². The van der Waals surface area contributed by atoms with Gasteiger partial charge in [0.05, 0.1) is 44.8 Å². The first-order valence-electron chi connectivity index (χ1n) is 20.4. The van der Waals surface area contributed by atoms with E-state index in [2.05, 4.69) is 205 Å². The lowest BCUT2D eigenvalue weighted by molar-refractivity contribution is 1.12. The molecule has 11 aromatic rings. The van der Waals surface area contributed by atoms with Crippen LogP contribution in [0, 0.1) is 25.2 Å². The van der Waals surface area contributed by atoms with Gasteiger partial charge in [-0.3, -0.25) is 0 Å². The fourth-order valence-electron chi connectivity index (χ4n) is 9.18. The Balaban J connectivity index is 1.27. The Morgan fingerprint density at radius 2 is 0.833 bits per heavy atom. The van der Waals surface area contributed by atoms with E-state index in [0.29, 0.717) is 5.56 Å². The van der Waals surface area contributed by atoms with Gasteiger partial charge in [-0.15, -0.1) is 0 Å². The molecular weight excluding hydrogens is 729 g/mol. The zero-order valence-corrected chi connectivity index (χ0v) is 33.3. The van der Waals surface area contributed by atoms with Crippen molar-refractivity contribution in [1.29, 1.82) is 5.26 Å². The summed E-state index contributed by atoms with van der Waals surface area (Å²) in [7, 11) is 0. The molecule has 0 aliphatic heterocycles. The Kier molecular flexibility index (Phi) is 8.28. The molecule has 0 bridgehead atoms. The fourth-order valence-corrected chi connectivity index (χ4v) is 9.18. The Hall–Kier alpha value is -8.00. The van der Waals surface area contributed by atoms with Gasteiger partial charge in [0, 0.05) is 32.7 Å². The topological polar surface area (TPSA) is 46.5 Å². The molecule has 282 valence electrons. The molecular formula is C56H38N4. The summed E-state index contributed by atoms with van der Waals surface area (Å²) in [5, 5.41) is 16.1. The van der Waals surface area contributed by atoms with Gasteiger partial charge in [0.25, 0.3) is 0 Å².